The van der Waals surface area contributed by atoms with Gasteiger partial charge in [-0.05, 0) is 6.42 Å². The molecule has 3 aliphatic rings. The lowest BCUT2D eigenvalue weighted by atomic mass is 9.96. The molecular weight excluding hydrogens is 640 g/mol. The van der Waals surface area contributed by atoms with Gasteiger partial charge in [-0.15, -0.1) is 0 Å². The van der Waals surface area contributed by atoms with Crippen LogP contribution in [0.4, 0.5) is 0 Å². The highest BCUT2D eigenvalue weighted by atomic mass is 16.8. The quantitative estimate of drug-likeness (QED) is 0.0590. The zero-order valence-corrected chi connectivity index (χ0v) is 27.9. The molecular formula is C32H60O16. The van der Waals surface area contributed by atoms with Crippen LogP contribution < -0.4 is 0 Å². The fraction of sp³-hybridized carbons (Fsp3) is 1.00. The van der Waals surface area contributed by atoms with Crippen molar-refractivity contribution in [3.63, 3.8) is 0 Å². The van der Waals surface area contributed by atoms with E-state index < -0.39 is 112 Å². The van der Waals surface area contributed by atoms with E-state index in [-0.39, 0.29) is 6.61 Å². The Balaban J connectivity index is 1.45. The van der Waals surface area contributed by atoms with Crippen LogP contribution in [0.15, 0.2) is 0 Å². The third kappa shape index (κ3) is 11.4. The van der Waals surface area contributed by atoms with Gasteiger partial charge in [0.1, 0.15) is 73.2 Å². The first-order chi connectivity index (χ1) is 23.1. The molecule has 3 fully saturated rings. The lowest BCUT2D eigenvalue weighted by molar-refractivity contribution is -0.379. The fourth-order valence-electron chi connectivity index (χ4n) is 6.32. The van der Waals surface area contributed by atoms with Crippen LogP contribution >= 0.6 is 0 Å². The summed E-state index contributed by atoms with van der Waals surface area (Å²) in [4.78, 5) is 0. The van der Waals surface area contributed by atoms with Gasteiger partial charge in [-0.2, -0.15) is 0 Å². The van der Waals surface area contributed by atoms with Crippen LogP contribution in [0.25, 0.3) is 0 Å². The molecule has 48 heavy (non-hydrogen) atoms. The number of rotatable bonds is 21. The molecule has 3 saturated heterocycles. The van der Waals surface area contributed by atoms with Crippen LogP contribution in [-0.2, 0) is 28.4 Å². The molecule has 284 valence electrons. The van der Waals surface area contributed by atoms with Crippen molar-refractivity contribution in [1.82, 2.24) is 0 Å². The highest BCUT2D eigenvalue weighted by Crippen LogP contribution is 2.32. The Kier molecular flexibility index (Phi) is 18.9. The van der Waals surface area contributed by atoms with Gasteiger partial charge in [0.05, 0.1) is 19.8 Å². The van der Waals surface area contributed by atoms with Crippen LogP contribution in [0.3, 0.4) is 0 Å². The van der Waals surface area contributed by atoms with Crippen molar-refractivity contribution in [3.05, 3.63) is 0 Å². The van der Waals surface area contributed by atoms with Gasteiger partial charge in [0.25, 0.3) is 0 Å². The van der Waals surface area contributed by atoms with Crippen molar-refractivity contribution >= 4 is 0 Å². The first kappa shape index (κ1) is 41.8. The molecule has 0 aromatic carbocycles. The van der Waals surface area contributed by atoms with Gasteiger partial charge < -0.3 is 79.5 Å². The number of hydrogen-bond acceptors (Lipinski definition) is 16. The number of aliphatic hydroxyl groups excluding tert-OH is 10. The summed E-state index contributed by atoms with van der Waals surface area (Å²) >= 11 is 0. The molecule has 0 radical (unpaired) electrons. The van der Waals surface area contributed by atoms with Gasteiger partial charge in [-0.3, -0.25) is 0 Å². The van der Waals surface area contributed by atoms with Gasteiger partial charge in [0.2, 0.25) is 0 Å². The molecule has 3 rings (SSSR count). The summed E-state index contributed by atoms with van der Waals surface area (Å²) in [6.07, 6.45) is -9.78. The van der Waals surface area contributed by atoms with E-state index in [0.717, 1.165) is 25.7 Å². The topological polar surface area (TPSA) is 258 Å². The highest BCUT2D eigenvalue weighted by Gasteiger charge is 2.53. The Morgan fingerprint density at radius 3 is 1.25 bits per heavy atom. The first-order valence-electron chi connectivity index (χ1n) is 17.6. The smallest absolute Gasteiger partial charge is 0.187 e. The van der Waals surface area contributed by atoms with Gasteiger partial charge >= 0.3 is 0 Å². The number of aliphatic hydroxyl groups is 10. The molecule has 10 N–H and O–H groups in total. The molecule has 0 aromatic heterocycles. The Hall–Kier alpha value is -0.640. The van der Waals surface area contributed by atoms with Crippen molar-refractivity contribution in [2.24, 2.45) is 0 Å². The van der Waals surface area contributed by atoms with Crippen LogP contribution in [0.1, 0.15) is 84.0 Å². The average Bonchev–Trinajstić information content (AvgIpc) is 3.09. The Labute approximate surface area is 282 Å². The van der Waals surface area contributed by atoms with E-state index in [2.05, 4.69) is 6.92 Å². The van der Waals surface area contributed by atoms with Gasteiger partial charge in [-0.25, -0.2) is 0 Å². The summed E-state index contributed by atoms with van der Waals surface area (Å²) < 4.78 is 33.5. The second-order valence-electron chi connectivity index (χ2n) is 13.1. The number of unbranched alkanes of at least 4 members (excludes halogenated alkanes) is 11. The van der Waals surface area contributed by atoms with E-state index in [1.807, 2.05) is 0 Å². The summed E-state index contributed by atoms with van der Waals surface area (Å²) in [5, 5.41) is 103. The molecule has 0 saturated carbocycles. The summed E-state index contributed by atoms with van der Waals surface area (Å²) in [6.45, 7) is 0.293. The molecule has 16 nitrogen and oxygen atoms in total. The fourth-order valence-corrected chi connectivity index (χ4v) is 6.32. The molecule has 16 heteroatoms. The molecule has 3 aliphatic heterocycles. The molecule has 0 aliphatic carbocycles. The SMILES string of the molecule is CCCCCCCCCCCCCCO[C@@H]1O[C@H](CO)[C@@H](O[C@@H]2O[C@H](CO)[C@@H](O[C@@H]3O[C@H](CO)[C@@H](O)[C@H](O)[C@H]3O)[C@H](O)[C@H]2O)[C@H](O)[C@H]1O. The van der Waals surface area contributed by atoms with Crippen LogP contribution in [0.2, 0.25) is 0 Å². The predicted octanol–water partition coefficient (Wildman–Crippen LogP) is -1.85. The zero-order valence-electron chi connectivity index (χ0n) is 27.9. The molecule has 0 unspecified atom stereocenters. The van der Waals surface area contributed by atoms with E-state index in [4.69, 9.17) is 28.4 Å². The molecule has 15 atom stereocenters. The average molecular weight is 701 g/mol. The van der Waals surface area contributed by atoms with Crippen molar-refractivity contribution in [2.45, 2.75) is 176 Å². The Bertz CT molecular complexity index is 851. The van der Waals surface area contributed by atoms with Crippen molar-refractivity contribution in [1.29, 1.82) is 0 Å². The molecule has 0 bridgehead atoms. The van der Waals surface area contributed by atoms with Crippen molar-refractivity contribution in [2.75, 3.05) is 26.4 Å². The van der Waals surface area contributed by atoms with Gasteiger partial charge in [0, 0.05) is 6.61 Å². The maximum absolute atomic E-state index is 10.9. The van der Waals surface area contributed by atoms with E-state index in [9.17, 15) is 51.1 Å². The molecule has 0 amide bonds. The number of ether oxygens (including phenoxy) is 6. The summed E-state index contributed by atoms with van der Waals surface area (Å²) in [7, 11) is 0. The van der Waals surface area contributed by atoms with Crippen LogP contribution in [-0.4, -0.2) is 170 Å². The normalized spacial score (nSPS) is 40.7. The van der Waals surface area contributed by atoms with Gasteiger partial charge in [-0.1, -0.05) is 77.6 Å². The van der Waals surface area contributed by atoms with Crippen molar-refractivity contribution < 1.29 is 79.5 Å². The number of hydrogen-bond donors (Lipinski definition) is 10. The predicted molar refractivity (Wildman–Crippen MR) is 166 cm³/mol. The maximum atomic E-state index is 10.9. The lowest BCUT2D eigenvalue weighted by Crippen LogP contribution is -2.66. The molecule has 3 heterocycles. The minimum Gasteiger partial charge on any atom is -0.394 e. The second-order valence-corrected chi connectivity index (χ2v) is 13.1. The zero-order chi connectivity index (χ0) is 35.2. The summed E-state index contributed by atoms with van der Waals surface area (Å²) in [5.41, 5.74) is 0. The van der Waals surface area contributed by atoms with Crippen LogP contribution in [0, 0.1) is 0 Å². The first-order valence-corrected chi connectivity index (χ1v) is 17.6. The Morgan fingerprint density at radius 2 is 0.792 bits per heavy atom. The van der Waals surface area contributed by atoms with Gasteiger partial charge in [0.15, 0.2) is 18.9 Å². The maximum Gasteiger partial charge on any atom is 0.187 e. The van der Waals surface area contributed by atoms with E-state index in [1.54, 1.807) is 0 Å². The van der Waals surface area contributed by atoms with E-state index >= 15 is 0 Å². The minimum atomic E-state index is -1.88. The second kappa shape index (κ2) is 21.7. The monoisotopic (exact) mass is 700 g/mol. The minimum absolute atomic E-state index is 0.264. The molecule has 0 aromatic rings. The third-order valence-electron chi connectivity index (χ3n) is 9.35. The summed E-state index contributed by atoms with van der Waals surface area (Å²) in [5.74, 6) is 0. The largest absolute Gasteiger partial charge is 0.394 e. The summed E-state index contributed by atoms with van der Waals surface area (Å²) in [6, 6.07) is 0. The molecule has 0 spiro atoms. The van der Waals surface area contributed by atoms with Crippen molar-refractivity contribution in [3.8, 4) is 0 Å². The third-order valence-corrected chi connectivity index (χ3v) is 9.35. The van der Waals surface area contributed by atoms with E-state index in [1.165, 1.54) is 51.4 Å². The van der Waals surface area contributed by atoms with E-state index in [0.29, 0.717) is 0 Å². The Morgan fingerprint density at radius 1 is 0.417 bits per heavy atom. The van der Waals surface area contributed by atoms with Crippen LogP contribution in [0.5, 0.6) is 0 Å². The lowest BCUT2D eigenvalue weighted by Gasteiger charge is -2.48. The highest BCUT2D eigenvalue weighted by molar-refractivity contribution is 4.96. The standard InChI is InChI=1S/C32H60O16/c1-2-3-4-5-6-7-8-9-10-11-12-13-14-43-30-26(41)23(38)28(19(16-34)45-30)48-32-27(42)24(39)29(20(17-35)46-32)47-31-25(40)22(37)21(36)18(15-33)44-31/h18-42H,2-17H2,1H3/t18-,19-,20-,21-,22+,23-,24-,25-,26-,27-,28-,29-,30-,31+,32+/m1/s1.